The maximum Gasteiger partial charge on any atom is 0.164 e. The number of benzene rings is 17. The number of nitrogens with zero attached hydrogens (tertiary/aromatic N) is 8. The van der Waals surface area contributed by atoms with Crippen LogP contribution in [-0.2, 0) is 0 Å². The molecule has 0 aliphatic carbocycles. The van der Waals surface area contributed by atoms with Crippen LogP contribution in [0.3, 0.4) is 0 Å². The molecule has 8 nitrogen and oxygen atoms in total. The smallest absolute Gasteiger partial charge is 0.164 e. The summed E-state index contributed by atoms with van der Waals surface area (Å²) in [5, 5.41) is 11.0. The second-order valence-electron chi connectivity index (χ2n) is 28.1. The van der Waals surface area contributed by atoms with Gasteiger partial charge in [-0.15, -0.1) is 0 Å². The van der Waals surface area contributed by atoms with Gasteiger partial charge in [-0.1, -0.05) is 328 Å². The van der Waals surface area contributed by atoms with Crippen molar-refractivity contribution in [2.24, 2.45) is 0 Å². The zero-order chi connectivity index (χ0) is 72.6. The highest BCUT2D eigenvalue weighted by molar-refractivity contribution is 6.26. The Kier molecular flexibility index (Phi) is 15.4. The molecule has 4 heterocycles. The number of para-hydroxylation sites is 3. The van der Waals surface area contributed by atoms with E-state index in [1.165, 1.54) is 54.2 Å². The highest BCUT2D eigenvalue weighted by Crippen LogP contribution is 2.56. The Morgan fingerprint density at radius 1 is 0.182 bits per heavy atom. The van der Waals surface area contributed by atoms with Crippen molar-refractivity contribution in [1.29, 1.82) is 0 Å². The molecule has 0 radical (unpaired) electrons. The zero-order valence-electron chi connectivity index (χ0n) is 59.5. The van der Waals surface area contributed by atoms with Gasteiger partial charge < -0.3 is 9.47 Å². The maximum absolute atomic E-state index is 5.40. The first-order valence-electron chi connectivity index (χ1n) is 37.2. The summed E-state index contributed by atoms with van der Waals surface area (Å²) in [6, 6.07) is 139. The van der Waals surface area contributed by atoms with Gasteiger partial charge in [-0.3, -0.25) is 0 Å². The predicted octanol–water partition coefficient (Wildman–Crippen LogP) is 26.4. The van der Waals surface area contributed by atoms with E-state index in [0.29, 0.717) is 34.9 Å². The average molecular weight is 1400 g/mol. The average Bonchev–Trinajstić information content (AvgIpc) is 1.52. The fraction of sp³-hybridized carbons (Fsp3) is 0. The van der Waals surface area contributed by atoms with Crippen molar-refractivity contribution in [2.75, 3.05) is 4.90 Å². The van der Waals surface area contributed by atoms with Crippen LogP contribution in [0.15, 0.2) is 388 Å². The number of fused-ring (bicyclic) bond motifs is 14. The van der Waals surface area contributed by atoms with Crippen LogP contribution >= 0.6 is 0 Å². The van der Waals surface area contributed by atoms with Crippen molar-refractivity contribution in [2.45, 2.75) is 0 Å². The first-order valence-corrected chi connectivity index (χ1v) is 37.2. The van der Waals surface area contributed by atoms with E-state index in [4.69, 9.17) is 29.9 Å². The van der Waals surface area contributed by atoms with Crippen LogP contribution in [-0.4, -0.2) is 34.5 Å². The molecule has 0 amide bonds. The molecule has 0 saturated heterocycles. The minimum atomic E-state index is 0.573. The van der Waals surface area contributed by atoms with Gasteiger partial charge in [0, 0.05) is 66.8 Å². The SMILES string of the molecule is c1ccc(-c2nc(-c3ccccc3)nc(-c3cccc(-c4ccc(N5c6cc(-c7cccc(-c8nc(-c9ccccc9)nc(-c9ccc(-c%10c(-c%11ccc%12c%13ccccc%13c%13ccccc%13c%12c%11)ccc%11ccccc%10%11)cc9)n8)c7)ccc6-c6c(n(-c7ccccc7)c7ccccc67)-c6ccccc65)cc4)c3)n2)cc1. The third-order valence-electron chi connectivity index (χ3n) is 21.6. The van der Waals surface area contributed by atoms with Crippen LogP contribution < -0.4 is 4.90 Å². The van der Waals surface area contributed by atoms with Crippen LogP contribution in [0.4, 0.5) is 17.1 Å². The largest absolute Gasteiger partial charge is 0.309 e. The highest BCUT2D eigenvalue weighted by Gasteiger charge is 2.32. The zero-order valence-corrected chi connectivity index (χ0v) is 59.5. The molecule has 0 N–H and O–H groups in total. The lowest BCUT2D eigenvalue weighted by Crippen LogP contribution is -2.11. The Morgan fingerprint density at radius 2 is 0.582 bits per heavy atom. The van der Waals surface area contributed by atoms with Crippen LogP contribution in [0.1, 0.15) is 0 Å². The lowest BCUT2D eigenvalue weighted by Gasteiger charge is -2.28. The molecule has 512 valence electrons. The molecule has 1 aliphatic rings. The van der Waals surface area contributed by atoms with Gasteiger partial charge in [0.25, 0.3) is 0 Å². The third kappa shape index (κ3) is 11.1. The van der Waals surface area contributed by atoms with Gasteiger partial charge in [-0.05, 0) is 148 Å². The summed E-state index contributed by atoms with van der Waals surface area (Å²) in [6.45, 7) is 0. The van der Waals surface area contributed by atoms with Crippen molar-refractivity contribution in [3.8, 4) is 141 Å². The fourth-order valence-corrected chi connectivity index (χ4v) is 16.4. The Balaban J connectivity index is 0.676. The molecule has 0 bridgehead atoms. The normalized spacial score (nSPS) is 11.8. The van der Waals surface area contributed by atoms with Gasteiger partial charge >= 0.3 is 0 Å². The van der Waals surface area contributed by atoms with E-state index in [-0.39, 0.29) is 0 Å². The monoisotopic (exact) mass is 1400 g/mol. The van der Waals surface area contributed by atoms with Gasteiger partial charge in [-0.2, -0.15) is 0 Å². The molecule has 0 spiro atoms. The topological polar surface area (TPSA) is 85.5 Å². The number of aromatic nitrogens is 7. The summed E-state index contributed by atoms with van der Waals surface area (Å²) < 4.78 is 2.44. The fourth-order valence-electron chi connectivity index (χ4n) is 16.4. The summed E-state index contributed by atoms with van der Waals surface area (Å²) in [5.41, 5.74) is 24.0. The van der Waals surface area contributed by atoms with Crippen molar-refractivity contribution in [1.82, 2.24) is 34.5 Å². The van der Waals surface area contributed by atoms with E-state index in [1.54, 1.807) is 0 Å². The Hall–Kier alpha value is -14.9. The Morgan fingerprint density at radius 3 is 1.17 bits per heavy atom. The third-order valence-corrected chi connectivity index (χ3v) is 21.6. The summed E-state index contributed by atoms with van der Waals surface area (Å²) in [6.07, 6.45) is 0. The van der Waals surface area contributed by atoms with E-state index >= 15 is 0 Å². The van der Waals surface area contributed by atoms with E-state index in [9.17, 15) is 0 Å². The van der Waals surface area contributed by atoms with Gasteiger partial charge in [-0.25, -0.2) is 29.9 Å². The number of hydrogen-bond acceptors (Lipinski definition) is 7. The molecule has 0 atom stereocenters. The minimum absolute atomic E-state index is 0.573. The summed E-state index contributed by atoms with van der Waals surface area (Å²) >= 11 is 0. The van der Waals surface area contributed by atoms with E-state index in [0.717, 1.165) is 123 Å². The van der Waals surface area contributed by atoms with Crippen molar-refractivity contribution in [3.63, 3.8) is 0 Å². The Bertz CT molecular complexity index is 6910. The molecule has 0 saturated carbocycles. The van der Waals surface area contributed by atoms with E-state index < -0.39 is 0 Å². The lowest BCUT2D eigenvalue weighted by atomic mass is 9.87. The molecule has 3 aromatic heterocycles. The molecular formula is C102H64N8. The molecule has 17 aromatic carbocycles. The molecular weight excluding hydrogens is 1340 g/mol. The van der Waals surface area contributed by atoms with Crippen LogP contribution in [0.25, 0.3) is 195 Å². The second-order valence-corrected chi connectivity index (χ2v) is 28.1. The standard InChI is InChI=1S/C102H64N8/c1-5-26-68(27-6-1)97-103-98(69-28-7-2-8-29-69)106-101(105-97)76-34-23-32-72(61-76)65-51-56-79(57-52-65)109-92-46-22-20-44-89(92)96-95(87-43-19-21-45-91(87)110(96)78-36-11-4-12-37-78)88-60-54-74(64-93(88)109)73-33-24-35-77(62-73)102-107-99(70-30-9-3-10-31-70)104-100(108-102)71-49-47-67(48-50-71)94-80-38-14-13-25-66(80)53-58-81(94)75-55-59-86-84-41-16-15-39-82(84)83-40-17-18-42-85(83)90(86)63-75/h1-64H. The van der Waals surface area contributed by atoms with Gasteiger partial charge in [0.1, 0.15) is 0 Å². The minimum Gasteiger partial charge on any atom is -0.309 e. The molecule has 0 unspecified atom stereocenters. The predicted molar refractivity (Wildman–Crippen MR) is 454 cm³/mol. The Labute approximate surface area is 635 Å². The van der Waals surface area contributed by atoms with Gasteiger partial charge in [0.2, 0.25) is 0 Å². The maximum atomic E-state index is 5.40. The van der Waals surface area contributed by atoms with Gasteiger partial charge in [0.15, 0.2) is 34.9 Å². The van der Waals surface area contributed by atoms with Crippen LogP contribution in [0.2, 0.25) is 0 Å². The van der Waals surface area contributed by atoms with Crippen molar-refractivity contribution < 1.29 is 0 Å². The first-order chi connectivity index (χ1) is 54.5. The molecule has 1 aliphatic heterocycles. The van der Waals surface area contributed by atoms with Crippen molar-refractivity contribution in [3.05, 3.63) is 388 Å². The van der Waals surface area contributed by atoms with E-state index in [2.05, 4.69) is 319 Å². The number of rotatable bonds is 12. The highest BCUT2D eigenvalue weighted by atomic mass is 15.2. The second kappa shape index (κ2) is 26.6. The summed E-state index contributed by atoms with van der Waals surface area (Å²) in [4.78, 5) is 33.6. The molecule has 0 fully saturated rings. The first kappa shape index (κ1) is 63.6. The molecule has 8 heteroatoms. The summed E-state index contributed by atoms with van der Waals surface area (Å²) in [7, 11) is 0. The van der Waals surface area contributed by atoms with Crippen molar-refractivity contribution >= 4 is 71.1 Å². The van der Waals surface area contributed by atoms with E-state index in [1.807, 2.05) is 78.9 Å². The molecule has 21 rings (SSSR count). The quantitative estimate of drug-likeness (QED) is 0.113. The van der Waals surface area contributed by atoms with Crippen LogP contribution in [0.5, 0.6) is 0 Å². The molecule has 110 heavy (non-hydrogen) atoms. The number of hydrogen-bond donors (Lipinski definition) is 0. The lowest BCUT2D eigenvalue weighted by molar-refractivity contribution is 1.07. The summed E-state index contributed by atoms with van der Waals surface area (Å²) in [5.74, 6) is 3.59. The van der Waals surface area contributed by atoms with Crippen LogP contribution in [0, 0.1) is 0 Å². The molecule has 20 aromatic rings. The van der Waals surface area contributed by atoms with Gasteiger partial charge in [0.05, 0.1) is 22.6 Å². The number of anilines is 3.